The average molecular weight is 590 g/mol. The van der Waals surface area contributed by atoms with Gasteiger partial charge in [-0.15, -0.1) is 0 Å². The first-order valence-electron chi connectivity index (χ1n) is 11.9. The summed E-state index contributed by atoms with van der Waals surface area (Å²) in [7, 11) is -0.0502. The highest BCUT2D eigenvalue weighted by molar-refractivity contribution is 7.67. The van der Waals surface area contributed by atoms with Crippen LogP contribution in [0.25, 0.3) is 0 Å². The maximum absolute atomic E-state index is 13.8. The van der Waals surface area contributed by atoms with Gasteiger partial charge in [-0.25, -0.2) is 22.0 Å². The number of halogens is 2. The van der Waals surface area contributed by atoms with Gasteiger partial charge in [-0.05, 0) is 41.8 Å². The number of nitrogens with zero attached hydrogens (tertiary/aromatic N) is 1. The smallest absolute Gasteiger partial charge is 0.343 e. The molecule has 2 rings (SSSR count). The Balaban J connectivity index is 0.00000101. The van der Waals surface area contributed by atoms with Crippen molar-refractivity contribution >= 4 is 28.6 Å². The van der Waals surface area contributed by atoms with Crippen LogP contribution >= 0.6 is 0 Å². The molecule has 0 aliphatic carbocycles. The number of carbonyl (C=O) groups is 2. The molecular formula is C26H33F2NO10S. The van der Waals surface area contributed by atoms with Crippen LogP contribution in [-0.2, 0) is 34.2 Å². The highest BCUT2D eigenvalue weighted by atomic mass is 32.2. The molecule has 2 atom stereocenters. The van der Waals surface area contributed by atoms with Crippen molar-refractivity contribution in [2.45, 2.75) is 25.2 Å². The van der Waals surface area contributed by atoms with Crippen LogP contribution in [0.3, 0.4) is 0 Å². The molecule has 0 fully saturated rings. The fourth-order valence-corrected chi connectivity index (χ4v) is 3.47. The third-order valence-corrected chi connectivity index (χ3v) is 5.65. The minimum Gasteiger partial charge on any atom is -0.484 e. The second-order valence-corrected chi connectivity index (χ2v) is 8.57. The number of alkyl halides is 2. The van der Waals surface area contributed by atoms with Crippen molar-refractivity contribution in [1.29, 1.82) is 0 Å². The minimum atomic E-state index is -2.61. The molecule has 40 heavy (non-hydrogen) atoms. The molecule has 0 aliphatic rings. The molecule has 0 aromatic heterocycles. The molecule has 0 amide bonds. The monoisotopic (exact) mass is 589 g/mol. The predicted octanol–water partition coefficient (Wildman–Crippen LogP) is 3.37. The van der Waals surface area contributed by atoms with Gasteiger partial charge in [0.25, 0.3) is 16.9 Å². The molecule has 0 spiro atoms. The number of esters is 1. The average Bonchev–Trinajstić information content (AvgIpc) is 2.97. The Labute approximate surface area is 232 Å². The van der Waals surface area contributed by atoms with Crippen LogP contribution in [0.4, 0.5) is 8.78 Å². The van der Waals surface area contributed by atoms with E-state index >= 15 is 0 Å². The van der Waals surface area contributed by atoms with Gasteiger partial charge in [-0.2, -0.15) is 0 Å². The number of oxime groups is 1. The van der Waals surface area contributed by atoms with E-state index < -0.39 is 47.9 Å². The standard InChI is InChI=1S/C23H25F2NO7.C3H8O3S/c1-30-21(26-29)13-32-17-7-3-15(4-8-17)19(11-24)23(28)20(12-25)16-5-9-18(10-6-16)33-14-22(27)31-2;1-2-3-6-7(4)5/h3-10,19-20,29H,11-14H2,1-2H3;7H,2-3H2,1H3. The summed E-state index contributed by atoms with van der Waals surface area (Å²) in [5.41, 5.74) is 0.732. The number of carbonyl (C=O) groups excluding carboxylic acids is 2. The molecule has 1 N–H and O–H groups in total. The van der Waals surface area contributed by atoms with E-state index in [0.717, 1.165) is 6.42 Å². The summed E-state index contributed by atoms with van der Waals surface area (Å²) in [6.07, 6.45) is 0.739. The summed E-state index contributed by atoms with van der Waals surface area (Å²) in [6.45, 7) is -0.261. The van der Waals surface area contributed by atoms with Crippen LogP contribution in [0.15, 0.2) is 53.7 Å². The largest absolute Gasteiger partial charge is 0.484 e. The van der Waals surface area contributed by atoms with Crippen LogP contribution in [-0.4, -0.2) is 78.7 Å². The molecule has 0 saturated heterocycles. The molecule has 0 heterocycles. The number of ketones is 1. The highest BCUT2D eigenvalue weighted by Gasteiger charge is 2.30. The maximum Gasteiger partial charge on any atom is 0.343 e. The third kappa shape index (κ3) is 11.9. The Morgan fingerprint density at radius 2 is 1.32 bits per heavy atom. The first-order valence-corrected chi connectivity index (χ1v) is 13.0. The lowest BCUT2D eigenvalue weighted by Gasteiger charge is -2.20. The fraction of sp³-hybridized carbons (Fsp3) is 0.423. The number of benzene rings is 2. The van der Waals surface area contributed by atoms with E-state index in [9.17, 15) is 26.8 Å². The Bertz CT molecular complexity index is 1130. The zero-order valence-electron chi connectivity index (χ0n) is 22.3. The van der Waals surface area contributed by atoms with E-state index in [1.165, 1.54) is 62.8 Å². The second kappa shape index (κ2) is 19.3. The molecule has 0 aliphatic heterocycles. The number of Topliss-reactive ketones (excluding diaryl/α,β-unsaturated/α-hetero) is 1. The quantitative estimate of drug-likeness (QED) is 0.0792. The zero-order chi connectivity index (χ0) is 29.9. The van der Waals surface area contributed by atoms with Crippen LogP contribution in [0.2, 0.25) is 0 Å². The normalized spacial score (nSPS) is 12.5. The van der Waals surface area contributed by atoms with Crippen molar-refractivity contribution < 1.29 is 55.1 Å². The van der Waals surface area contributed by atoms with Crippen LogP contribution in [0.5, 0.6) is 11.5 Å². The number of hydrogen-bond acceptors (Lipinski definition) is 11. The van der Waals surface area contributed by atoms with E-state index in [1.807, 2.05) is 6.92 Å². The van der Waals surface area contributed by atoms with E-state index in [4.69, 9.17) is 19.4 Å². The summed E-state index contributed by atoms with van der Waals surface area (Å²) in [5.74, 6) is -2.81. The molecule has 14 heteroatoms. The molecular weight excluding hydrogens is 556 g/mol. The van der Waals surface area contributed by atoms with Crippen LogP contribution < -0.4 is 9.47 Å². The van der Waals surface area contributed by atoms with Crippen molar-refractivity contribution in [2.75, 3.05) is 47.4 Å². The zero-order valence-corrected chi connectivity index (χ0v) is 23.2. The number of methoxy groups -OCH3 is 2. The van der Waals surface area contributed by atoms with Gasteiger partial charge in [0.2, 0.25) is 0 Å². The summed E-state index contributed by atoms with van der Waals surface area (Å²) in [6, 6.07) is 12.1. The Hall–Kier alpha value is -3.78. The van der Waals surface area contributed by atoms with Crippen molar-refractivity contribution in [1.82, 2.24) is 0 Å². The van der Waals surface area contributed by atoms with E-state index in [1.54, 1.807) is 0 Å². The lowest BCUT2D eigenvalue weighted by Crippen LogP contribution is -2.24. The summed E-state index contributed by atoms with van der Waals surface area (Å²) in [5, 5.41) is 11.6. The molecule has 222 valence electrons. The van der Waals surface area contributed by atoms with Gasteiger partial charge >= 0.3 is 5.97 Å². The maximum atomic E-state index is 13.8. The Morgan fingerprint density at radius 3 is 1.65 bits per heavy atom. The van der Waals surface area contributed by atoms with Gasteiger partial charge in [0.1, 0.15) is 24.8 Å². The molecule has 2 unspecified atom stereocenters. The molecule has 0 radical (unpaired) electrons. The molecule has 2 aromatic rings. The van der Waals surface area contributed by atoms with Gasteiger partial charge in [-0.1, -0.05) is 36.3 Å². The SMILES string of the molecule is CCCO[SH](=O)=O.COC(=O)COc1ccc(C(CF)C(=O)C(CF)c2ccc(OCC(=NO)OC)cc2)cc1. The van der Waals surface area contributed by atoms with E-state index in [2.05, 4.69) is 14.1 Å². The van der Waals surface area contributed by atoms with Crippen LogP contribution in [0, 0.1) is 0 Å². The fourth-order valence-electron chi connectivity index (χ4n) is 3.14. The lowest BCUT2D eigenvalue weighted by atomic mass is 9.85. The van der Waals surface area contributed by atoms with Crippen molar-refractivity contribution in [3.63, 3.8) is 0 Å². The highest BCUT2D eigenvalue weighted by Crippen LogP contribution is 2.30. The minimum absolute atomic E-state index is 0.0385. The molecule has 0 saturated carbocycles. The van der Waals surface area contributed by atoms with Gasteiger partial charge in [-0.3, -0.25) is 8.98 Å². The van der Waals surface area contributed by atoms with E-state index in [-0.39, 0.29) is 19.1 Å². The number of ether oxygens (including phenoxy) is 4. The Kier molecular flexibility index (Phi) is 16.5. The third-order valence-electron chi connectivity index (χ3n) is 5.26. The van der Waals surface area contributed by atoms with Gasteiger partial charge < -0.3 is 24.2 Å². The van der Waals surface area contributed by atoms with Gasteiger partial charge in [0.05, 0.1) is 32.7 Å². The van der Waals surface area contributed by atoms with Crippen LogP contribution in [0.1, 0.15) is 36.3 Å². The summed E-state index contributed by atoms with van der Waals surface area (Å²) in [4.78, 5) is 24.1. The molecule has 2 aromatic carbocycles. The lowest BCUT2D eigenvalue weighted by molar-refractivity contribution is -0.142. The van der Waals surface area contributed by atoms with Crippen molar-refractivity contribution in [2.24, 2.45) is 5.16 Å². The second-order valence-electron chi connectivity index (χ2n) is 7.86. The van der Waals surface area contributed by atoms with Crippen molar-refractivity contribution in [3.8, 4) is 11.5 Å². The number of thiol groups is 1. The predicted molar refractivity (Wildman–Crippen MR) is 141 cm³/mol. The number of hydrogen-bond donors (Lipinski definition) is 2. The van der Waals surface area contributed by atoms with Crippen molar-refractivity contribution in [3.05, 3.63) is 59.7 Å². The topological polar surface area (TPSA) is 147 Å². The first kappa shape index (κ1) is 34.2. The summed E-state index contributed by atoms with van der Waals surface area (Å²) >= 11 is 0. The summed E-state index contributed by atoms with van der Waals surface area (Å²) < 4.78 is 70.8. The first-order chi connectivity index (χ1) is 19.2. The Morgan fingerprint density at radius 1 is 0.850 bits per heavy atom. The van der Waals surface area contributed by atoms with E-state index in [0.29, 0.717) is 29.2 Å². The van der Waals surface area contributed by atoms with Gasteiger partial charge in [0, 0.05) is 0 Å². The van der Waals surface area contributed by atoms with Gasteiger partial charge in [0.15, 0.2) is 19.0 Å². The number of rotatable bonds is 15. The molecule has 0 bridgehead atoms. The molecule has 11 nitrogen and oxygen atoms in total.